The third-order valence-electron chi connectivity index (χ3n) is 2.52. The summed E-state index contributed by atoms with van der Waals surface area (Å²) in [5, 5.41) is 12.2. The fourth-order valence-electron chi connectivity index (χ4n) is 1.73. The number of hydrogen-bond acceptors (Lipinski definition) is 4. The molecule has 0 amide bonds. The molecule has 0 saturated carbocycles. The highest BCUT2D eigenvalue weighted by Crippen LogP contribution is 2.15. The molecule has 0 N–H and O–H groups in total. The standard InChI is InChI=1S/C10H10N6/c1-15-9-4-2-3-8(10(9)13-14-15)5-16-7-11-6-12-16/h2-4,6-7H,5H2,1H3. The molecule has 3 rings (SSSR count). The van der Waals surface area contributed by atoms with Crippen LogP contribution in [-0.4, -0.2) is 29.8 Å². The quantitative estimate of drug-likeness (QED) is 0.627. The number of hydrogen-bond donors (Lipinski definition) is 0. The molecule has 0 aliphatic heterocycles. The van der Waals surface area contributed by atoms with E-state index in [1.807, 2.05) is 25.2 Å². The van der Waals surface area contributed by atoms with Crippen molar-refractivity contribution < 1.29 is 0 Å². The third kappa shape index (κ3) is 1.35. The van der Waals surface area contributed by atoms with Gasteiger partial charge in [-0.25, -0.2) is 14.3 Å². The summed E-state index contributed by atoms with van der Waals surface area (Å²) in [6, 6.07) is 6.02. The van der Waals surface area contributed by atoms with Crippen LogP contribution < -0.4 is 0 Å². The Labute approximate surface area is 91.5 Å². The topological polar surface area (TPSA) is 61.4 Å². The van der Waals surface area contributed by atoms with Crippen molar-refractivity contribution in [2.75, 3.05) is 0 Å². The first-order chi connectivity index (χ1) is 7.84. The van der Waals surface area contributed by atoms with Gasteiger partial charge in [-0.2, -0.15) is 5.10 Å². The fraction of sp³-hybridized carbons (Fsp3) is 0.200. The normalized spacial score (nSPS) is 11.1. The Bertz CT molecular complexity index is 609. The molecule has 0 aliphatic rings. The van der Waals surface area contributed by atoms with Crippen LogP contribution in [0.25, 0.3) is 11.0 Å². The minimum Gasteiger partial charge on any atom is -0.248 e. The summed E-state index contributed by atoms with van der Waals surface area (Å²) in [5.41, 5.74) is 3.04. The number of aryl methyl sites for hydroxylation is 1. The number of fused-ring (bicyclic) bond motifs is 1. The van der Waals surface area contributed by atoms with Crippen LogP contribution in [0.1, 0.15) is 5.56 Å². The van der Waals surface area contributed by atoms with Crippen LogP contribution in [0.3, 0.4) is 0 Å². The van der Waals surface area contributed by atoms with Gasteiger partial charge in [-0.15, -0.1) is 5.10 Å². The van der Waals surface area contributed by atoms with Crippen LogP contribution in [0, 0.1) is 0 Å². The summed E-state index contributed by atoms with van der Waals surface area (Å²) in [6.45, 7) is 0.663. The average molecular weight is 214 g/mol. The van der Waals surface area contributed by atoms with Crippen molar-refractivity contribution in [3.63, 3.8) is 0 Å². The Kier molecular flexibility index (Phi) is 1.92. The zero-order chi connectivity index (χ0) is 11.0. The van der Waals surface area contributed by atoms with Crippen LogP contribution >= 0.6 is 0 Å². The lowest BCUT2D eigenvalue weighted by Gasteiger charge is -2.01. The van der Waals surface area contributed by atoms with Crippen LogP contribution in [0.2, 0.25) is 0 Å². The Morgan fingerprint density at radius 1 is 1.31 bits per heavy atom. The zero-order valence-corrected chi connectivity index (χ0v) is 8.78. The number of benzene rings is 1. The zero-order valence-electron chi connectivity index (χ0n) is 8.78. The van der Waals surface area contributed by atoms with E-state index in [2.05, 4.69) is 20.4 Å². The molecule has 0 atom stereocenters. The van der Waals surface area contributed by atoms with E-state index < -0.39 is 0 Å². The third-order valence-corrected chi connectivity index (χ3v) is 2.52. The second-order valence-corrected chi connectivity index (χ2v) is 3.59. The molecule has 0 fully saturated rings. The maximum atomic E-state index is 4.15. The molecular weight excluding hydrogens is 204 g/mol. The first-order valence-corrected chi connectivity index (χ1v) is 4.94. The molecule has 1 aromatic carbocycles. The Balaban J connectivity index is 2.10. The summed E-state index contributed by atoms with van der Waals surface area (Å²) in [5.74, 6) is 0. The molecule has 3 aromatic rings. The van der Waals surface area contributed by atoms with Crippen molar-refractivity contribution >= 4 is 11.0 Å². The van der Waals surface area contributed by atoms with Gasteiger partial charge >= 0.3 is 0 Å². The molecule has 2 heterocycles. The lowest BCUT2D eigenvalue weighted by atomic mass is 10.2. The summed E-state index contributed by atoms with van der Waals surface area (Å²) in [7, 11) is 1.88. The average Bonchev–Trinajstić information content (AvgIpc) is 2.90. The molecule has 0 spiro atoms. The van der Waals surface area contributed by atoms with E-state index in [0.717, 1.165) is 16.6 Å². The second kappa shape index (κ2) is 3.41. The monoisotopic (exact) mass is 214 g/mol. The number of aromatic nitrogens is 6. The van der Waals surface area contributed by atoms with Crippen LogP contribution in [-0.2, 0) is 13.6 Å². The minimum absolute atomic E-state index is 0.663. The van der Waals surface area contributed by atoms with E-state index in [0.29, 0.717) is 6.54 Å². The lowest BCUT2D eigenvalue weighted by molar-refractivity contribution is 0.687. The van der Waals surface area contributed by atoms with Crippen molar-refractivity contribution in [1.29, 1.82) is 0 Å². The highest BCUT2D eigenvalue weighted by Gasteiger charge is 2.06. The lowest BCUT2D eigenvalue weighted by Crippen LogP contribution is -2.00. The van der Waals surface area contributed by atoms with Crippen molar-refractivity contribution in [1.82, 2.24) is 29.8 Å². The van der Waals surface area contributed by atoms with Gasteiger partial charge in [0.2, 0.25) is 0 Å². The number of rotatable bonds is 2. The van der Waals surface area contributed by atoms with Gasteiger partial charge in [-0.05, 0) is 6.07 Å². The van der Waals surface area contributed by atoms with Gasteiger partial charge in [0.05, 0.1) is 12.1 Å². The number of nitrogens with zero attached hydrogens (tertiary/aromatic N) is 6. The first-order valence-electron chi connectivity index (χ1n) is 4.94. The van der Waals surface area contributed by atoms with Crippen LogP contribution in [0.5, 0.6) is 0 Å². The van der Waals surface area contributed by atoms with E-state index in [1.54, 1.807) is 15.7 Å². The smallest absolute Gasteiger partial charge is 0.137 e. The SMILES string of the molecule is Cn1nnc2c(Cn3cncn3)cccc21. The predicted octanol–water partition coefficient (Wildman–Crippen LogP) is 0.608. The van der Waals surface area contributed by atoms with E-state index in [4.69, 9.17) is 0 Å². The molecule has 6 nitrogen and oxygen atoms in total. The van der Waals surface area contributed by atoms with E-state index in [-0.39, 0.29) is 0 Å². The van der Waals surface area contributed by atoms with Crippen LogP contribution in [0.4, 0.5) is 0 Å². The van der Waals surface area contributed by atoms with Crippen molar-refractivity contribution in [2.45, 2.75) is 6.54 Å². The molecule has 2 aromatic heterocycles. The summed E-state index contributed by atoms with van der Waals surface area (Å²) in [6.07, 6.45) is 3.21. The summed E-state index contributed by atoms with van der Waals surface area (Å²) >= 11 is 0. The summed E-state index contributed by atoms with van der Waals surface area (Å²) < 4.78 is 3.53. The predicted molar refractivity (Wildman–Crippen MR) is 57.6 cm³/mol. The van der Waals surface area contributed by atoms with E-state index in [1.165, 1.54) is 6.33 Å². The molecule has 0 bridgehead atoms. The molecular formula is C10H10N6. The first kappa shape index (κ1) is 9.02. The Morgan fingerprint density at radius 2 is 2.25 bits per heavy atom. The Hall–Kier alpha value is -2.24. The maximum absolute atomic E-state index is 4.15. The highest BCUT2D eigenvalue weighted by molar-refractivity contribution is 5.77. The molecule has 0 unspecified atom stereocenters. The van der Waals surface area contributed by atoms with Gasteiger partial charge in [0.1, 0.15) is 18.2 Å². The molecule has 80 valence electrons. The molecule has 0 saturated heterocycles. The van der Waals surface area contributed by atoms with Gasteiger partial charge in [-0.3, -0.25) is 0 Å². The Morgan fingerprint density at radius 3 is 3.06 bits per heavy atom. The van der Waals surface area contributed by atoms with Crippen molar-refractivity contribution in [3.05, 3.63) is 36.4 Å². The van der Waals surface area contributed by atoms with Gasteiger partial charge in [0.25, 0.3) is 0 Å². The molecule has 6 heteroatoms. The fourth-order valence-corrected chi connectivity index (χ4v) is 1.73. The summed E-state index contributed by atoms with van der Waals surface area (Å²) in [4.78, 5) is 3.91. The van der Waals surface area contributed by atoms with Crippen molar-refractivity contribution in [3.8, 4) is 0 Å². The molecule has 0 radical (unpaired) electrons. The van der Waals surface area contributed by atoms with Crippen LogP contribution in [0.15, 0.2) is 30.9 Å². The van der Waals surface area contributed by atoms with Gasteiger partial charge in [-0.1, -0.05) is 17.3 Å². The largest absolute Gasteiger partial charge is 0.248 e. The molecule has 16 heavy (non-hydrogen) atoms. The maximum Gasteiger partial charge on any atom is 0.137 e. The minimum atomic E-state index is 0.663. The van der Waals surface area contributed by atoms with Crippen molar-refractivity contribution in [2.24, 2.45) is 7.05 Å². The van der Waals surface area contributed by atoms with Gasteiger partial charge in [0.15, 0.2) is 0 Å². The van der Waals surface area contributed by atoms with Gasteiger partial charge in [0, 0.05) is 12.6 Å². The van der Waals surface area contributed by atoms with E-state index in [9.17, 15) is 0 Å². The van der Waals surface area contributed by atoms with E-state index >= 15 is 0 Å². The molecule has 0 aliphatic carbocycles. The highest BCUT2D eigenvalue weighted by atomic mass is 15.4. The second-order valence-electron chi connectivity index (χ2n) is 3.59. The van der Waals surface area contributed by atoms with Gasteiger partial charge < -0.3 is 0 Å².